The number of rotatable bonds is 7. The number of unbranched alkanes of at least 4 members (excludes halogenated alkanes) is 1. The highest BCUT2D eigenvalue weighted by molar-refractivity contribution is 7.91. The molecule has 3 rings (SSSR count). The van der Waals surface area contributed by atoms with Crippen molar-refractivity contribution < 1.29 is 13.2 Å². The van der Waals surface area contributed by atoms with Crippen LogP contribution in [0.4, 0.5) is 0 Å². The lowest BCUT2D eigenvalue weighted by Crippen LogP contribution is -2.48. The van der Waals surface area contributed by atoms with Crippen molar-refractivity contribution in [1.29, 1.82) is 0 Å². The minimum Gasteiger partial charge on any atom is -0.353 e. The van der Waals surface area contributed by atoms with Crippen LogP contribution in [0.5, 0.6) is 0 Å². The van der Waals surface area contributed by atoms with Gasteiger partial charge in [0.25, 0.3) is 10.0 Å². The van der Waals surface area contributed by atoms with Gasteiger partial charge >= 0.3 is 0 Å². The molecule has 1 aliphatic carbocycles. The van der Waals surface area contributed by atoms with E-state index in [-0.39, 0.29) is 17.9 Å². The number of carbonyl (C=O) groups excluding carboxylic acids is 1. The summed E-state index contributed by atoms with van der Waals surface area (Å²) < 4.78 is 27.3. The van der Waals surface area contributed by atoms with Crippen molar-refractivity contribution in [3.05, 3.63) is 17.5 Å². The van der Waals surface area contributed by atoms with Crippen LogP contribution in [0, 0.1) is 11.8 Å². The number of piperidine rings is 1. The zero-order chi connectivity index (χ0) is 18.6. The summed E-state index contributed by atoms with van der Waals surface area (Å²) in [5.41, 5.74) is 0. The van der Waals surface area contributed by atoms with Crippen LogP contribution < -0.4 is 5.32 Å². The van der Waals surface area contributed by atoms with E-state index in [0.717, 1.165) is 19.3 Å². The number of carbonyl (C=O) groups is 1. The Balaban J connectivity index is 1.60. The van der Waals surface area contributed by atoms with Gasteiger partial charge in [-0.3, -0.25) is 4.79 Å². The van der Waals surface area contributed by atoms with Crippen LogP contribution in [0.15, 0.2) is 21.7 Å². The van der Waals surface area contributed by atoms with Crippen LogP contribution in [-0.4, -0.2) is 37.8 Å². The molecular formula is C19H30N2O3S2. The van der Waals surface area contributed by atoms with Crippen LogP contribution in [0.2, 0.25) is 0 Å². The fourth-order valence-corrected chi connectivity index (χ4v) is 6.92. The number of hydrogen-bond acceptors (Lipinski definition) is 4. The maximum atomic E-state index is 12.8. The summed E-state index contributed by atoms with van der Waals surface area (Å²) in [7, 11) is -3.46. The number of amides is 1. The van der Waals surface area contributed by atoms with Gasteiger partial charge in [0.1, 0.15) is 4.21 Å². The van der Waals surface area contributed by atoms with Crippen LogP contribution in [0.3, 0.4) is 0 Å². The molecule has 1 aromatic rings. The van der Waals surface area contributed by atoms with Gasteiger partial charge in [-0.15, -0.1) is 11.3 Å². The largest absolute Gasteiger partial charge is 0.353 e. The Hall–Kier alpha value is -0.920. The van der Waals surface area contributed by atoms with Crippen LogP contribution >= 0.6 is 11.3 Å². The standard InChI is InChI=1S/C19H30N2O3S2/c1-2-3-7-15-8-4-10-17(15)20-19(22)16-9-5-12-21(14-16)26(23,24)18-11-6-13-25-18/h6,11,13,15-17H,2-5,7-10,12,14H2,1H3,(H,20,22). The average molecular weight is 399 g/mol. The maximum absolute atomic E-state index is 12.8. The molecule has 5 nitrogen and oxygen atoms in total. The minimum atomic E-state index is -3.46. The summed E-state index contributed by atoms with van der Waals surface area (Å²) in [6.07, 6.45) is 8.55. The molecule has 0 radical (unpaired) electrons. The molecule has 26 heavy (non-hydrogen) atoms. The van der Waals surface area contributed by atoms with Gasteiger partial charge in [-0.1, -0.05) is 32.3 Å². The van der Waals surface area contributed by atoms with Crippen molar-refractivity contribution in [2.24, 2.45) is 11.8 Å². The predicted molar refractivity (Wildman–Crippen MR) is 105 cm³/mol. The molecule has 1 aromatic heterocycles. The normalized spacial score (nSPS) is 27.5. The molecule has 1 saturated heterocycles. The fourth-order valence-electron chi connectivity index (χ4n) is 4.25. The maximum Gasteiger partial charge on any atom is 0.252 e. The van der Waals surface area contributed by atoms with E-state index in [2.05, 4.69) is 12.2 Å². The van der Waals surface area contributed by atoms with Crippen LogP contribution in [-0.2, 0) is 14.8 Å². The second kappa shape index (κ2) is 8.85. The highest BCUT2D eigenvalue weighted by atomic mass is 32.2. The van der Waals surface area contributed by atoms with Gasteiger partial charge in [0.15, 0.2) is 0 Å². The quantitative estimate of drug-likeness (QED) is 0.763. The van der Waals surface area contributed by atoms with E-state index in [9.17, 15) is 13.2 Å². The molecule has 3 atom stereocenters. The van der Waals surface area contributed by atoms with Crippen molar-refractivity contribution in [2.75, 3.05) is 13.1 Å². The average Bonchev–Trinajstić information content (AvgIpc) is 3.32. The lowest BCUT2D eigenvalue weighted by Gasteiger charge is -2.32. The van der Waals surface area contributed by atoms with Crippen molar-refractivity contribution in [3.63, 3.8) is 0 Å². The number of nitrogens with zero attached hydrogens (tertiary/aromatic N) is 1. The molecular weight excluding hydrogens is 368 g/mol. The zero-order valence-corrected chi connectivity index (χ0v) is 17.2. The molecule has 2 aliphatic rings. The SMILES string of the molecule is CCCCC1CCCC1NC(=O)C1CCCN(S(=O)(=O)c2cccs2)C1. The molecule has 2 fully saturated rings. The van der Waals surface area contributed by atoms with Gasteiger partial charge < -0.3 is 5.32 Å². The summed E-state index contributed by atoms with van der Waals surface area (Å²) in [6.45, 7) is 3.01. The first-order valence-electron chi connectivity index (χ1n) is 9.86. The Morgan fingerprint density at radius 3 is 2.88 bits per heavy atom. The molecule has 146 valence electrons. The molecule has 3 unspecified atom stereocenters. The number of hydrogen-bond donors (Lipinski definition) is 1. The van der Waals surface area contributed by atoms with Crippen molar-refractivity contribution in [3.8, 4) is 0 Å². The number of thiophene rings is 1. The first-order chi connectivity index (χ1) is 12.5. The van der Waals surface area contributed by atoms with Crippen molar-refractivity contribution in [1.82, 2.24) is 9.62 Å². The molecule has 0 bridgehead atoms. The van der Waals surface area contributed by atoms with Gasteiger partial charge in [0.05, 0.1) is 5.92 Å². The van der Waals surface area contributed by atoms with Crippen LogP contribution in [0.25, 0.3) is 0 Å². The Kier molecular flexibility index (Phi) is 6.75. The van der Waals surface area contributed by atoms with E-state index >= 15 is 0 Å². The highest BCUT2D eigenvalue weighted by Gasteiger charge is 2.36. The predicted octanol–water partition coefficient (Wildman–Crippen LogP) is 3.62. The lowest BCUT2D eigenvalue weighted by molar-refractivity contribution is -0.127. The Morgan fingerprint density at radius 1 is 1.31 bits per heavy atom. The number of sulfonamides is 1. The van der Waals surface area contributed by atoms with E-state index in [1.54, 1.807) is 17.5 Å². The monoisotopic (exact) mass is 398 g/mol. The second-order valence-corrected chi connectivity index (χ2v) is 10.7. The molecule has 1 saturated carbocycles. The Morgan fingerprint density at radius 2 is 2.15 bits per heavy atom. The van der Waals surface area contributed by atoms with E-state index < -0.39 is 10.0 Å². The first-order valence-corrected chi connectivity index (χ1v) is 12.2. The molecule has 0 spiro atoms. The molecule has 1 N–H and O–H groups in total. The molecule has 2 heterocycles. The Labute approximate surface area is 161 Å². The summed E-state index contributed by atoms with van der Waals surface area (Å²) >= 11 is 1.24. The highest BCUT2D eigenvalue weighted by Crippen LogP contribution is 2.31. The summed E-state index contributed by atoms with van der Waals surface area (Å²) in [5.74, 6) is 0.406. The van der Waals surface area contributed by atoms with E-state index in [4.69, 9.17) is 0 Å². The molecule has 7 heteroatoms. The third-order valence-corrected chi connectivity index (χ3v) is 9.00. The summed E-state index contributed by atoms with van der Waals surface area (Å²) in [6, 6.07) is 3.67. The summed E-state index contributed by atoms with van der Waals surface area (Å²) in [4.78, 5) is 12.8. The van der Waals surface area contributed by atoms with E-state index in [0.29, 0.717) is 23.2 Å². The molecule has 0 aromatic carbocycles. The zero-order valence-electron chi connectivity index (χ0n) is 15.5. The first kappa shape index (κ1) is 19.8. The fraction of sp³-hybridized carbons (Fsp3) is 0.737. The second-order valence-electron chi connectivity index (χ2n) is 7.58. The van der Waals surface area contributed by atoms with E-state index in [1.807, 2.05) is 0 Å². The third-order valence-electron chi connectivity index (χ3n) is 5.76. The third kappa shape index (κ3) is 4.49. The van der Waals surface area contributed by atoms with E-state index in [1.165, 1.54) is 47.7 Å². The minimum absolute atomic E-state index is 0.0458. The lowest BCUT2D eigenvalue weighted by atomic mass is 9.94. The number of nitrogens with one attached hydrogen (secondary N) is 1. The Bertz CT molecular complexity index is 688. The van der Waals surface area contributed by atoms with Crippen molar-refractivity contribution in [2.45, 2.75) is 68.5 Å². The molecule has 1 aliphatic heterocycles. The van der Waals surface area contributed by atoms with Gasteiger partial charge in [0, 0.05) is 19.1 Å². The van der Waals surface area contributed by atoms with Gasteiger partial charge in [0.2, 0.25) is 5.91 Å². The van der Waals surface area contributed by atoms with Gasteiger partial charge in [-0.05, 0) is 49.5 Å². The molecule has 1 amide bonds. The topological polar surface area (TPSA) is 66.5 Å². The smallest absolute Gasteiger partial charge is 0.252 e. The van der Waals surface area contributed by atoms with Crippen LogP contribution in [0.1, 0.15) is 58.3 Å². The van der Waals surface area contributed by atoms with Gasteiger partial charge in [-0.25, -0.2) is 8.42 Å². The van der Waals surface area contributed by atoms with Crippen molar-refractivity contribution >= 4 is 27.3 Å². The summed E-state index contributed by atoms with van der Waals surface area (Å²) in [5, 5.41) is 5.03. The van der Waals surface area contributed by atoms with Gasteiger partial charge in [-0.2, -0.15) is 4.31 Å².